The lowest BCUT2D eigenvalue weighted by Crippen LogP contribution is -2.83. The molecular formula is C27H42O9. The maximum atomic E-state index is 11.7. The Morgan fingerprint density at radius 1 is 0.889 bits per heavy atom. The molecule has 1 spiro atoms. The van der Waals surface area contributed by atoms with Crippen LogP contribution in [-0.4, -0.2) is 96.5 Å². The molecule has 6 fully saturated rings. The van der Waals surface area contributed by atoms with Crippen LogP contribution in [0.25, 0.3) is 0 Å². The molecule has 9 nitrogen and oxygen atoms in total. The zero-order chi connectivity index (χ0) is 26.2. The zero-order valence-electron chi connectivity index (χ0n) is 21.3. The largest absolute Gasteiger partial charge is 0.390 e. The van der Waals surface area contributed by atoms with Crippen LogP contribution in [0, 0.1) is 40.4 Å². The first kappa shape index (κ1) is 25.6. The van der Waals surface area contributed by atoms with E-state index in [2.05, 4.69) is 20.4 Å². The second kappa shape index (κ2) is 7.73. The van der Waals surface area contributed by atoms with Crippen LogP contribution >= 0.6 is 0 Å². The maximum Gasteiger partial charge on any atom is 0.172 e. The minimum absolute atomic E-state index is 0.0658. The summed E-state index contributed by atoms with van der Waals surface area (Å²) >= 11 is 0. The Bertz CT molecular complexity index is 932. The summed E-state index contributed by atoms with van der Waals surface area (Å²) < 4.78 is 12.9. The predicted molar refractivity (Wildman–Crippen MR) is 126 cm³/mol. The molecule has 36 heavy (non-hydrogen) atoms. The Kier molecular flexibility index (Phi) is 5.51. The van der Waals surface area contributed by atoms with E-state index in [1.165, 1.54) is 0 Å². The molecule has 0 aromatic heterocycles. The number of hydrogen-bond acceptors (Lipinski definition) is 9. The van der Waals surface area contributed by atoms with E-state index in [1.54, 1.807) is 6.92 Å². The third kappa shape index (κ3) is 2.72. The number of hydrogen-bond donors (Lipinski definition) is 7. The van der Waals surface area contributed by atoms with E-state index in [9.17, 15) is 35.7 Å². The smallest absolute Gasteiger partial charge is 0.172 e. The molecule has 2 saturated heterocycles. The fourth-order valence-electron chi connectivity index (χ4n) is 10.3. The lowest BCUT2D eigenvalue weighted by molar-refractivity contribution is -0.367. The van der Waals surface area contributed by atoms with Crippen LogP contribution < -0.4 is 0 Å². The molecule has 0 aromatic rings. The summed E-state index contributed by atoms with van der Waals surface area (Å²) in [6, 6.07) is 0. The summed E-state index contributed by atoms with van der Waals surface area (Å²) in [5, 5.41) is 77.5. The van der Waals surface area contributed by atoms with E-state index in [1.807, 2.05) is 0 Å². The molecule has 16 atom stereocenters. The van der Waals surface area contributed by atoms with Crippen molar-refractivity contribution in [3.63, 3.8) is 0 Å². The van der Waals surface area contributed by atoms with Crippen LogP contribution in [0.4, 0.5) is 0 Å². The Labute approximate surface area is 211 Å². The van der Waals surface area contributed by atoms with Crippen LogP contribution in [0.2, 0.25) is 0 Å². The highest BCUT2D eigenvalue weighted by molar-refractivity contribution is 5.27. The molecule has 204 valence electrons. The molecule has 6 rings (SSSR count). The molecule has 7 N–H and O–H groups in total. The van der Waals surface area contributed by atoms with E-state index in [-0.39, 0.29) is 29.3 Å². The molecular weight excluding hydrogens is 468 g/mol. The summed E-state index contributed by atoms with van der Waals surface area (Å²) in [6.07, 6.45) is -6.77. The standard InChI is InChI=1S/C27H42O9/c1-11-5-8-26(35-10-11)12(2)17-15(36-26)9-14-16-13(6-7-24(14,17)3)25(4)21(31)19(29)20(30)23(33)27(25,34)22(32)18(16)28/h12-23,28-34H,1,5-10H2,2-4H3/t12-,13-,14-,15-,16+,17-,18-,19+,20-,21+,22+,23-,24-,25-,26+,27-/m0/s1. The van der Waals surface area contributed by atoms with Crippen molar-refractivity contribution in [1.82, 2.24) is 0 Å². The summed E-state index contributed by atoms with van der Waals surface area (Å²) in [4.78, 5) is 0. The Hall–Kier alpha value is -0.620. The van der Waals surface area contributed by atoms with E-state index >= 15 is 0 Å². The van der Waals surface area contributed by atoms with E-state index in [0.717, 1.165) is 24.8 Å². The summed E-state index contributed by atoms with van der Waals surface area (Å²) in [5.41, 5.74) is -3.10. The van der Waals surface area contributed by atoms with Gasteiger partial charge in [0, 0.05) is 17.8 Å². The molecule has 0 radical (unpaired) electrons. The molecule has 0 bridgehead atoms. The second-order valence-electron chi connectivity index (χ2n) is 13.3. The van der Waals surface area contributed by atoms with Gasteiger partial charge in [0.2, 0.25) is 0 Å². The van der Waals surface area contributed by atoms with Crippen LogP contribution in [0.5, 0.6) is 0 Å². The van der Waals surface area contributed by atoms with Crippen molar-refractivity contribution >= 4 is 0 Å². The highest BCUT2D eigenvalue weighted by atomic mass is 16.7. The van der Waals surface area contributed by atoms with Gasteiger partial charge in [0.05, 0.1) is 24.9 Å². The average Bonchev–Trinajstić information content (AvgIpc) is 3.29. The topological polar surface area (TPSA) is 160 Å². The van der Waals surface area contributed by atoms with Crippen LogP contribution in [0.3, 0.4) is 0 Å². The second-order valence-corrected chi connectivity index (χ2v) is 13.3. The van der Waals surface area contributed by atoms with Crippen molar-refractivity contribution in [3.8, 4) is 0 Å². The monoisotopic (exact) mass is 510 g/mol. The lowest BCUT2D eigenvalue weighted by Gasteiger charge is -2.69. The van der Waals surface area contributed by atoms with E-state index in [4.69, 9.17) is 9.47 Å². The molecule has 0 aromatic carbocycles. The van der Waals surface area contributed by atoms with Gasteiger partial charge in [0.15, 0.2) is 5.79 Å². The van der Waals surface area contributed by atoms with Crippen LogP contribution in [0.1, 0.15) is 52.9 Å². The minimum atomic E-state index is -2.39. The fraction of sp³-hybridized carbons (Fsp3) is 0.926. The van der Waals surface area contributed by atoms with Crippen molar-refractivity contribution in [2.24, 2.45) is 40.4 Å². The summed E-state index contributed by atoms with van der Waals surface area (Å²) in [5.74, 6) is -1.38. The van der Waals surface area contributed by atoms with Crippen molar-refractivity contribution in [2.75, 3.05) is 6.61 Å². The molecule has 6 aliphatic rings. The Morgan fingerprint density at radius 3 is 2.17 bits per heavy atom. The molecule has 0 amide bonds. The van der Waals surface area contributed by atoms with Gasteiger partial charge in [-0.05, 0) is 54.8 Å². The van der Waals surface area contributed by atoms with Gasteiger partial charge in [-0.15, -0.1) is 0 Å². The number of rotatable bonds is 0. The lowest BCUT2D eigenvalue weighted by atomic mass is 9.40. The number of fused-ring (bicyclic) bond motifs is 7. The Balaban J connectivity index is 1.37. The first-order valence-corrected chi connectivity index (χ1v) is 13.5. The first-order chi connectivity index (χ1) is 16.8. The third-order valence-corrected chi connectivity index (χ3v) is 12.2. The Morgan fingerprint density at radius 2 is 1.53 bits per heavy atom. The third-order valence-electron chi connectivity index (χ3n) is 12.2. The predicted octanol–water partition coefficient (Wildman–Crippen LogP) is -0.317. The highest BCUT2D eigenvalue weighted by Crippen LogP contribution is 2.71. The van der Waals surface area contributed by atoms with Gasteiger partial charge in [0.1, 0.15) is 30.0 Å². The zero-order valence-corrected chi connectivity index (χ0v) is 21.3. The number of aliphatic hydroxyl groups excluding tert-OH is 6. The fourth-order valence-corrected chi connectivity index (χ4v) is 10.3. The van der Waals surface area contributed by atoms with Crippen molar-refractivity contribution in [1.29, 1.82) is 0 Å². The van der Waals surface area contributed by atoms with E-state index in [0.29, 0.717) is 19.4 Å². The quantitative estimate of drug-likeness (QED) is 0.217. The molecule has 4 saturated carbocycles. The molecule has 9 heteroatoms. The van der Waals surface area contributed by atoms with Gasteiger partial charge in [-0.3, -0.25) is 0 Å². The highest BCUT2D eigenvalue weighted by Gasteiger charge is 2.78. The normalized spacial score (nSPS) is 64.6. The van der Waals surface area contributed by atoms with E-state index < -0.39 is 65.3 Å². The van der Waals surface area contributed by atoms with Gasteiger partial charge in [0.25, 0.3) is 0 Å². The van der Waals surface area contributed by atoms with Gasteiger partial charge >= 0.3 is 0 Å². The maximum absolute atomic E-state index is 11.7. The van der Waals surface area contributed by atoms with Crippen molar-refractivity contribution in [3.05, 3.63) is 12.2 Å². The van der Waals surface area contributed by atoms with Crippen LogP contribution in [-0.2, 0) is 9.47 Å². The molecule has 2 aliphatic heterocycles. The van der Waals surface area contributed by atoms with Gasteiger partial charge in [-0.2, -0.15) is 0 Å². The molecule has 4 aliphatic carbocycles. The van der Waals surface area contributed by atoms with Crippen LogP contribution in [0.15, 0.2) is 12.2 Å². The summed E-state index contributed by atoms with van der Waals surface area (Å²) in [7, 11) is 0. The van der Waals surface area contributed by atoms with Crippen molar-refractivity contribution in [2.45, 2.75) is 107 Å². The summed E-state index contributed by atoms with van der Waals surface area (Å²) in [6.45, 7) is 10.5. The molecule has 0 unspecified atom stereocenters. The number of ether oxygens (including phenoxy) is 2. The van der Waals surface area contributed by atoms with Gasteiger partial charge in [-0.1, -0.05) is 32.9 Å². The van der Waals surface area contributed by atoms with Gasteiger partial charge < -0.3 is 45.2 Å². The van der Waals surface area contributed by atoms with Crippen molar-refractivity contribution < 1.29 is 45.2 Å². The average molecular weight is 511 g/mol. The molecule has 2 heterocycles. The first-order valence-electron chi connectivity index (χ1n) is 13.5. The van der Waals surface area contributed by atoms with Gasteiger partial charge in [-0.25, -0.2) is 0 Å². The SMILES string of the molecule is C=C1CC[C@@]2(OC1)O[C@H]1C[C@H]3[C@@H]4[C@H](O)[C@@H](O)[C@]5(O)[C@@H](O)[C@@H](O)[C@@H](O)[C@@H](O)[C@]5(C)[C@H]4CC[C@]3(C)[C@H]1[C@@H]2C. The minimum Gasteiger partial charge on any atom is -0.390 e. The number of aliphatic hydroxyl groups is 7.